The second-order valence-corrected chi connectivity index (χ2v) is 11.2. The topological polar surface area (TPSA) is 45.7 Å². The van der Waals surface area contributed by atoms with Crippen molar-refractivity contribution in [1.82, 2.24) is 9.88 Å². The highest BCUT2D eigenvalue weighted by molar-refractivity contribution is 7.22. The molecular formula is C24H30FN3O2S. The smallest absolute Gasteiger partial charge is 0.235 e. The van der Waals surface area contributed by atoms with Gasteiger partial charge in [0.2, 0.25) is 5.91 Å². The number of thiazole rings is 1. The van der Waals surface area contributed by atoms with Crippen LogP contribution in [0.3, 0.4) is 0 Å². The van der Waals surface area contributed by atoms with Crippen molar-refractivity contribution in [1.29, 1.82) is 0 Å². The summed E-state index contributed by atoms with van der Waals surface area (Å²) in [4.78, 5) is 23.1. The minimum Gasteiger partial charge on any atom is -0.379 e. The van der Waals surface area contributed by atoms with Crippen molar-refractivity contribution in [3.63, 3.8) is 0 Å². The maximum absolute atomic E-state index is 14.4. The number of hydrogen-bond donors (Lipinski definition) is 0. The summed E-state index contributed by atoms with van der Waals surface area (Å²) < 4.78 is 20.7. The van der Waals surface area contributed by atoms with Gasteiger partial charge in [0, 0.05) is 26.2 Å². The van der Waals surface area contributed by atoms with Gasteiger partial charge in [0.1, 0.15) is 11.3 Å². The Hall–Kier alpha value is -1.57. The number of morpholine rings is 1. The molecule has 5 aliphatic rings. The van der Waals surface area contributed by atoms with Crippen molar-refractivity contribution >= 4 is 32.6 Å². The van der Waals surface area contributed by atoms with E-state index in [9.17, 15) is 9.18 Å². The first-order chi connectivity index (χ1) is 15.1. The van der Waals surface area contributed by atoms with Crippen LogP contribution in [-0.2, 0) is 9.53 Å². The van der Waals surface area contributed by atoms with Crippen molar-refractivity contribution in [2.45, 2.75) is 38.5 Å². The molecule has 1 saturated heterocycles. The molecule has 0 unspecified atom stereocenters. The van der Waals surface area contributed by atoms with E-state index in [-0.39, 0.29) is 17.1 Å². The molecule has 5 fully saturated rings. The van der Waals surface area contributed by atoms with Crippen molar-refractivity contribution in [2.24, 2.45) is 23.2 Å². The van der Waals surface area contributed by atoms with Crippen LogP contribution in [-0.4, -0.2) is 55.2 Å². The van der Waals surface area contributed by atoms with Crippen LogP contribution in [0.1, 0.15) is 38.5 Å². The Morgan fingerprint density at radius 1 is 1.16 bits per heavy atom. The van der Waals surface area contributed by atoms with Crippen LogP contribution in [0.2, 0.25) is 0 Å². The fourth-order valence-corrected chi connectivity index (χ4v) is 8.03. The van der Waals surface area contributed by atoms with Gasteiger partial charge in [0.05, 0.1) is 23.3 Å². The van der Waals surface area contributed by atoms with Gasteiger partial charge in [-0.3, -0.25) is 14.6 Å². The van der Waals surface area contributed by atoms with Gasteiger partial charge in [0.25, 0.3) is 0 Å². The summed E-state index contributed by atoms with van der Waals surface area (Å²) in [6, 6.07) is 5.07. The summed E-state index contributed by atoms with van der Waals surface area (Å²) >= 11 is 1.45. The largest absolute Gasteiger partial charge is 0.379 e. The average Bonchev–Trinajstić information content (AvgIpc) is 3.19. The van der Waals surface area contributed by atoms with Crippen LogP contribution in [0.15, 0.2) is 18.2 Å². The van der Waals surface area contributed by atoms with Gasteiger partial charge in [0.15, 0.2) is 5.13 Å². The molecule has 4 saturated carbocycles. The number of carbonyl (C=O) groups excluding carboxylic acids is 1. The molecule has 2 heterocycles. The van der Waals surface area contributed by atoms with E-state index in [1.54, 1.807) is 6.07 Å². The summed E-state index contributed by atoms with van der Waals surface area (Å²) in [6.45, 7) is 4.70. The number of hydrogen-bond acceptors (Lipinski definition) is 5. The number of anilines is 1. The molecule has 166 valence electrons. The summed E-state index contributed by atoms with van der Waals surface area (Å²) in [7, 11) is 0. The standard InChI is InChI=1S/C24H30FN3O2S/c25-19-2-1-3-20-21(19)26-23(31-20)28(5-4-27-6-8-30-9-7-27)22(29)24-13-16-10-17(14-24)12-18(11-16)15-24/h1-3,16-18H,4-15H2. The fourth-order valence-electron chi connectivity index (χ4n) is 7.03. The highest BCUT2D eigenvalue weighted by Gasteiger charge is 2.56. The van der Waals surface area contributed by atoms with E-state index in [4.69, 9.17) is 4.74 Å². The molecule has 5 nitrogen and oxygen atoms in total. The van der Waals surface area contributed by atoms with Crippen LogP contribution in [0.5, 0.6) is 0 Å². The Kier molecular flexibility index (Phi) is 5.04. The molecule has 1 aromatic carbocycles. The van der Waals surface area contributed by atoms with E-state index in [1.807, 2.05) is 11.0 Å². The van der Waals surface area contributed by atoms with Gasteiger partial charge in [-0.2, -0.15) is 0 Å². The van der Waals surface area contributed by atoms with Crippen molar-refractivity contribution in [2.75, 3.05) is 44.3 Å². The minimum atomic E-state index is -0.310. The first kappa shape index (κ1) is 20.1. The lowest BCUT2D eigenvalue weighted by Crippen LogP contribution is -2.56. The maximum Gasteiger partial charge on any atom is 0.235 e. The number of benzene rings is 1. The lowest BCUT2D eigenvalue weighted by Gasteiger charge is -2.56. The number of rotatable bonds is 5. The van der Waals surface area contributed by atoms with Gasteiger partial charge in [-0.05, 0) is 68.4 Å². The lowest BCUT2D eigenvalue weighted by atomic mass is 9.49. The zero-order chi connectivity index (χ0) is 21.0. The second kappa shape index (κ2) is 7.78. The number of fused-ring (bicyclic) bond motifs is 1. The summed E-state index contributed by atoms with van der Waals surface area (Å²) in [5.74, 6) is 2.08. The van der Waals surface area contributed by atoms with Crippen molar-refractivity contribution < 1.29 is 13.9 Å². The van der Waals surface area contributed by atoms with E-state index in [0.717, 1.165) is 56.8 Å². The summed E-state index contributed by atoms with van der Waals surface area (Å²) in [5.41, 5.74) is 0.160. The van der Waals surface area contributed by atoms with Gasteiger partial charge in [-0.25, -0.2) is 9.37 Å². The van der Waals surface area contributed by atoms with Crippen LogP contribution in [0, 0.1) is 29.0 Å². The molecule has 7 rings (SSSR count). The third kappa shape index (κ3) is 3.58. The first-order valence-corrected chi connectivity index (χ1v) is 12.6. The monoisotopic (exact) mass is 443 g/mol. The second-order valence-electron chi connectivity index (χ2n) is 10.2. The lowest BCUT2D eigenvalue weighted by molar-refractivity contribution is -0.143. The highest BCUT2D eigenvalue weighted by Crippen LogP contribution is 2.60. The molecule has 4 bridgehead atoms. The van der Waals surface area contributed by atoms with Crippen molar-refractivity contribution in [3.05, 3.63) is 24.0 Å². The molecule has 1 amide bonds. The van der Waals surface area contributed by atoms with E-state index in [2.05, 4.69) is 9.88 Å². The molecule has 4 aliphatic carbocycles. The van der Waals surface area contributed by atoms with E-state index >= 15 is 0 Å². The summed E-state index contributed by atoms with van der Waals surface area (Å²) in [5, 5.41) is 0.661. The molecular weight excluding hydrogens is 413 g/mol. The molecule has 1 aliphatic heterocycles. The Morgan fingerprint density at radius 2 is 1.84 bits per heavy atom. The minimum absolute atomic E-state index is 0.226. The number of amides is 1. The number of halogens is 1. The van der Waals surface area contributed by atoms with Gasteiger partial charge in [-0.15, -0.1) is 0 Å². The van der Waals surface area contributed by atoms with Gasteiger partial charge < -0.3 is 4.74 Å². The van der Waals surface area contributed by atoms with E-state index in [0.29, 0.717) is 34.9 Å². The number of carbonyl (C=O) groups is 1. The molecule has 0 N–H and O–H groups in total. The first-order valence-electron chi connectivity index (χ1n) is 11.8. The normalized spacial score (nSPS) is 32.6. The van der Waals surface area contributed by atoms with Gasteiger partial charge >= 0.3 is 0 Å². The number of aromatic nitrogens is 1. The van der Waals surface area contributed by atoms with E-state index < -0.39 is 0 Å². The predicted octanol–water partition coefficient (Wildman–Crippen LogP) is 4.32. The Balaban J connectivity index is 1.32. The fraction of sp³-hybridized carbons (Fsp3) is 0.667. The van der Waals surface area contributed by atoms with Crippen molar-refractivity contribution in [3.8, 4) is 0 Å². The maximum atomic E-state index is 14.4. The quantitative estimate of drug-likeness (QED) is 0.691. The molecule has 2 aromatic rings. The van der Waals surface area contributed by atoms with Crippen LogP contribution >= 0.6 is 11.3 Å². The number of ether oxygens (including phenoxy) is 1. The van der Waals surface area contributed by atoms with Gasteiger partial charge in [-0.1, -0.05) is 17.4 Å². The Labute approximate surface area is 186 Å². The highest BCUT2D eigenvalue weighted by atomic mass is 32.1. The van der Waals surface area contributed by atoms with Crippen LogP contribution in [0.4, 0.5) is 9.52 Å². The SMILES string of the molecule is O=C(N(CCN1CCOCC1)c1nc2c(F)cccc2s1)C12CC3CC(CC(C3)C1)C2. The Morgan fingerprint density at radius 3 is 2.48 bits per heavy atom. The third-order valence-corrected chi connectivity index (χ3v) is 9.11. The Bertz CT molecular complexity index is 951. The average molecular weight is 444 g/mol. The molecule has 7 heteroatoms. The zero-order valence-electron chi connectivity index (χ0n) is 17.9. The third-order valence-electron chi connectivity index (χ3n) is 8.07. The summed E-state index contributed by atoms with van der Waals surface area (Å²) in [6.07, 6.45) is 7.04. The molecule has 0 radical (unpaired) electrons. The van der Waals surface area contributed by atoms with Crippen LogP contribution < -0.4 is 4.90 Å². The van der Waals surface area contributed by atoms with Crippen LogP contribution in [0.25, 0.3) is 10.2 Å². The number of para-hydroxylation sites is 1. The zero-order valence-corrected chi connectivity index (χ0v) is 18.7. The predicted molar refractivity (Wildman–Crippen MR) is 120 cm³/mol. The molecule has 31 heavy (non-hydrogen) atoms. The molecule has 0 spiro atoms. The molecule has 1 aromatic heterocycles. The van der Waals surface area contributed by atoms with E-state index in [1.165, 1.54) is 36.7 Å². The molecule has 0 atom stereocenters. The number of nitrogens with zero attached hydrogens (tertiary/aromatic N) is 3.